The summed E-state index contributed by atoms with van der Waals surface area (Å²) in [7, 11) is 0. The zero-order chi connectivity index (χ0) is 23.1. The molecular formula is C18H15Cl2N5O6. The van der Waals surface area contributed by atoms with E-state index in [2.05, 4.69) is 15.8 Å². The Morgan fingerprint density at radius 1 is 1.03 bits per heavy atom. The lowest BCUT2D eigenvalue weighted by Gasteiger charge is -2.08. The van der Waals surface area contributed by atoms with E-state index in [1.165, 1.54) is 19.1 Å². The molecule has 2 aromatic rings. The van der Waals surface area contributed by atoms with Crippen LogP contribution in [0.4, 0.5) is 17.1 Å². The molecule has 0 saturated carbocycles. The molecule has 2 amide bonds. The number of amides is 2. The largest absolute Gasteiger partial charge is 0.324 e. The molecule has 162 valence electrons. The predicted octanol–water partition coefficient (Wildman–Crippen LogP) is 3.87. The van der Waals surface area contributed by atoms with E-state index in [-0.39, 0.29) is 17.7 Å². The second kappa shape index (κ2) is 10.5. The zero-order valence-corrected chi connectivity index (χ0v) is 17.4. The van der Waals surface area contributed by atoms with Gasteiger partial charge >= 0.3 is 0 Å². The molecular weight excluding hydrogens is 453 g/mol. The molecule has 0 aliphatic heterocycles. The number of benzene rings is 2. The van der Waals surface area contributed by atoms with E-state index in [4.69, 9.17) is 23.2 Å². The summed E-state index contributed by atoms with van der Waals surface area (Å²) in [6, 6.07) is 7.55. The monoisotopic (exact) mass is 467 g/mol. The van der Waals surface area contributed by atoms with Gasteiger partial charge in [-0.1, -0.05) is 23.2 Å². The molecule has 31 heavy (non-hydrogen) atoms. The van der Waals surface area contributed by atoms with Crippen molar-refractivity contribution in [2.24, 2.45) is 5.10 Å². The quantitative estimate of drug-likeness (QED) is 0.340. The number of nitrogens with one attached hydrogen (secondary N) is 2. The molecule has 2 rings (SSSR count). The normalized spacial score (nSPS) is 11.0. The predicted molar refractivity (Wildman–Crippen MR) is 114 cm³/mol. The number of hydrogen-bond acceptors (Lipinski definition) is 7. The van der Waals surface area contributed by atoms with Gasteiger partial charge in [0.1, 0.15) is 0 Å². The number of anilines is 1. The third-order valence-corrected chi connectivity index (χ3v) is 4.38. The fourth-order valence-corrected chi connectivity index (χ4v) is 2.75. The molecule has 0 aromatic heterocycles. The number of non-ortho nitro benzene ring substituents is 1. The summed E-state index contributed by atoms with van der Waals surface area (Å²) in [5, 5.41) is 28.9. The summed E-state index contributed by atoms with van der Waals surface area (Å²) < 4.78 is 0. The van der Waals surface area contributed by atoms with Crippen molar-refractivity contribution >= 4 is 57.8 Å². The first-order chi connectivity index (χ1) is 14.6. The van der Waals surface area contributed by atoms with Gasteiger partial charge in [0.15, 0.2) is 0 Å². The molecule has 0 heterocycles. The van der Waals surface area contributed by atoms with Gasteiger partial charge in [0.2, 0.25) is 11.8 Å². The van der Waals surface area contributed by atoms with Crippen molar-refractivity contribution in [1.29, 1.82) is 0 Å². The minimum Gasteiger partial charge on any atom is -0.324 e. The van der Waals surface area contributed by atoms with E-state index in [1.807, 2.05) is 0 Å². The van der Waals surface area contributed by atoms with Crippen LogP contribution < -0.4 is 10.7 Å². The highest BCUT2D eigenvalue weighted by molar-refractivity contribution is 6.35. The van der Waals surface area contributed by atoms with E-state index in [9.17, 15) is 29.8 Å². The number of nitro benzene ring substituents is 2. The smallest absolute Gasteiger partial charge is 0.279 e. The van der Waals surface area contributed by atoms with Gasteiger partial charge in [-0.05, 0) is 31.2 Å². The second-order valence-corrected chi connectivity index (χ2v) is 7.08. The lowest BCUT2D eigenvalue weighted by atomic mass is 10.1. The number of carbonyl (C=O) groups excluding carboxylic acids is 2. The molecule has 13 heteroatoms. The average molecular weight is 468 g/mol. The molecule has 0 fully saturated rings. The lowest BCUT2D eigenvalue weighted by Crippen LogP contribution is -2.23. The van der Waals surface area contributed by atoms with Gasteiger partial charge in [-0.15, -0.1) is 0 Å². The summed E-state index contributed by atoms with van der Waals surface area (Å²) in [5.41, 5.74) is 1.73. The van der Waals surface area contributed by atoms with Crippen molar-refractivity contribution in [3.8, 4) is 0 Å². The highest BCUT2D eigenvalue weighted by atomic mass is 35.5. The minimum atomic E-state index is -0.810. The Morgan fingerprint density at radius 3 is 2.39 bits per heavy atom. The highest BCUT2D eigenvalue weighted by Crippen LogP contribution is 2.26. The third kappa shape index (κ3) is 7.01. The van der Waals surface area contributed by atoms with Crippen LogP contribution in [-0.4, -0.2) is 27.4 Å². The molecule has 0 spiro atoms. The van der Waals surface area contributed by atoms with E-state index in [1.54, 1.807) is 6.07 Å². The Morgan fingerprint density at radius 2 is 1.74 bits per heavy atom. The maximum Gasteiger partial charge on any atom is 0.279 e. The molecule has 11 nitrogen and oxygen atoms in total. The van der Waals surface area contributed by atoms with E-state index in [0.717, 1.165) is 18.2 Å². The van der Waals surface area contributed by atoms with Gasteiger partial charge in [0.25, 0.3) is 11.4 Å². The van der Waals surface area contributed by atoms with Gasteiger partial charge in [0.05, 0.1) is 39.5 Å². The van der Waals surface area contributed by atoms with Gasteiger partial charge in [-0.25, -0.2) is 5.43 Å². The van der Waals surface area contributed by atoms with Crippen LogP contribution in [0.25, 0.3) is 0 Å². The number of halogens is 2. The topological polar surface area (TPSA) is 157 Å². The Kier molecular flexibility index (Phi) is 8.00. The van der Waals surface area contributed by atoms with E-state index >= 15 is 0 Å². The lowest BCUT2D eigenvalue weighted by molar-refractivity contribution is -0.394. The van der Waals surface area contributed by atoms with Gasteiger partial charge < -0.3 is 5.32 Å². The van der Waals surface area contributed by atoms with E-state index < -0.39 is 39.5 Å². The van der Waals surface area contributed by atoms with Crippen molar-refractivity contribution in [2.75, 3.05) is 5.32 Å². The Labute approximate surface area is 185 Å². The molecule has 2 N–H and O–H groups in total. The first-order valence-electron chi connectivity index (χ1n) is 8.55. The van der Waals surface area contributed by atoms with Crippen molar-refractivity contribution < 1.29 is 19.4 Å². The number of nitrogens with zero attached hydrogens (tertiary/aromatic N) is 3. The van der Waals surface area contributed by atoms with Crippen LogP contribution in [-0.2, 0) is 16.0 Å². The van der Waals surface area contributed by atoms with Crippen molar-refractivity contribution in [2.45, 2.75) is 19.8 Å². The summed E-state index contributed by atoms with van der Waals surface area (Å²) in [4.78, 5) is 44.5. The van der Waals surface area contributed by atoms with Crippen LogP contribution in [0, 0.1) is 20.2 Å². The molecule has 0 unspecified atom stereocenters. The second-order valence-electron chi connectivity index (χ2n) is 6.24. The standard InChI is InChI=1S/C18H15Cl2N5O6/c1-10(6-17(26)21-15-8-12(19)3-5-14(15)20)22-23-18(27)7-11-2-4-13(24(28)29)9-16(11)25(30)31/h2-5,8-9H,6-7H2,1H3,(H,21,26)(H,23,27). The van der Waals surface area contributed by atoms with Crippen LogP contribution in [0.1, 0.15) is 18.9 Å². The van der Waals surface area contributed by atoms with Crippen LogP contribution >= 0.6 is 23.2 Å². The molecule has 0 saturated heterocycles. The van der Waals surface area contributed by atoms with Crippen molar-refractivity contribution in [1.82, 2.24) is 5.43 Å². The molecule has 0 radical (unpaired) electrons. The van der Waals surface area contributed by atoms with Crippen LogP contribution in [0.3, 0.4) is 0 Å². The van der Waals surface area contributed by atoms with Gasteiger partial charge in [0, 0.05) is 22.4 Å². The Hall–Kier alpha value is -3.57. The average Bonchev–Trinajstić information content (AvgIpc) is 2.69. The third-order valence-electron chi connectivity index (χ3n) is 3.82. The zero-order valence-electron chi connectivity index (χ0n) is 15.9. The summed E-state index contributed by atoms with van der Waals surface area (Å²) in [6.07, 6.45) is -0.601. The number of hydrazone groups is 1. The van der Waals surface area contributed by atoms with Crippen molar-refractivity contribution in [3.63, 3.8) is 0 Å². The van der Waals surface area contributed by atoms with Gasteiger partial charge in [-0.2, -0.15) is 5.10 Å². The van der Waals surface area contributed by atoms with Crippen LogP contribution in [0.15, 0.2) is 41.5 Å². The van der Waals surface area contributed by atoms with E-state index in [0.29, 0.717) is 15.7 Å². The summed E-state index contributed by atoms with van der Waals surface area (Å²) in [5.74, 6) is -1.15. The van der Waals surface area contributed by atoms with Crippen LogP contribution in [0.5, 0.6) is 0 Å². The Balaban J connectivity index is 1.98. The maximum absolute atomic E-state index is 12.1. The highest BCUT2D eigenvalue weighted by Gasteiger charge is 2.21. The van der Waals surface area contributed by atoms with Gasteiger partial charge in [-0.3, -0.25) is 29.8 Å². The van der Waals surface area contributed by atoms with Crippen molar-refractivity contribution in [3.05, 3.63) is 72.2 Å². The molecule has 0 bridgehead atoms. The number of hydrogen-bond donors (Lipinski definition) is 2. The first kappa shape index (κ1) is 23.7. The number of rotatable bonds is 8. The first-order valence-corrected chi connectivity index (χ1v) is 9.31. The fourth-order valence-electron chi connectivity index (χ4n) is 2.42. The maximum atomic E-state index is 12.1. The fraction of sp³-hybridized carbons (Fsp3) is 0.167. The summed E-state index contributed by atoms with van der Waals surface area (Å²) >= 11 is 11.8. The molecule has 0 aliphatic carbocycles. The molecule has 2 aromatic carbocycles. The Bertz CT molecular complexity index is 1090. The molecule has 0 atom stereocenters. The summed E-state index contributed by atoms with van der Waals surface area (Å²) in [6.45, 7) is 1.49. The SMILES string of the molecule is CC(CC(=O)Nc1cc(Cl)ccc1Cl)=NNC(=O)Cc1ccc([N+](=O)[O-])cc1[N+](=O)[O-]. The van der Waals surface area contributed by atoms with Crippen LogP contribution in [0.2, 0.25) is 10.0 Å². The number of nitro groups is 2. The molecule has 0 aliphatic rings. The minimum absolute atomic E-state index is 0.0192. The number of carbonyl (C=O) groups is 2.